The van der Waals surface area contributed by atoms with E-state index in [1.807, 2.05) is 19.1 Å². The number of hydrogen-bond donors (Lipinski definition) is 1. The summed E-state index contributed by atoms with van der Waals surface area (Å²) in [7, 11) is 1.60. The van der Waals surface area contributed by atoms with Crippen LogP contribution in [-0.2, 0) is 4.79 Å². The number of halogens is 1. The average molecular weight is 340 g/mol. The van der Waals surface area contributed by atoms with Crippen LogP contribution in [0.3, 0.4) is 0 Å². The van der Waals surface area contributed by atoms with Crippen LogP contribution in [0.1, 0.15) is 24.8 Å². The third-order valence-corrected chi connectivity index (χ3v) is 4.53. The fraction of sp³-hybridized carbons (Fsp3) is 0.312. The highest BCUT2D eigenvalue weighted by molar-refractivity contribution is 7.16. The number of rotatable bonds is 6. The van der Waals surface area contributed by atoms with Crippen molar-refractivity contribution in [1.82, 2.24) is 5.32 Å². The monoisotopic (exact) mass is 339 g/mol. The molecule has 1 amide bonds. The molecule has 22 heavy (non-hydrogen) atoms. The largest absolute Gasteiger partial charge is 0.497 e. The van der Waals surface area contributed by atoms with E-state index in [0.717, 1.165) is 10.6 Å². The molecule has 1 N–H and O–H groups in total. The summed E-state index contributed by atoms with van der Waals surface area (Å²) < 4.78 is 11.4. The first-order chi connectivity index (χ1) is 10.5. The summed E-state index contributed by atoms with van der Waals surface area (Å²) in [6, 6.07) is 10.7. The van der Waals surface area contributed by atoms with Crippen molar-refractivity contribution >= 4 is 28.8 Å². The SMILES string of the molecule is COc1ccc(OC(C)C(=O)NC(C)c2ccc(Cl)s2)cc1. The maximum absolute atomic E-state index is 12.2. The standard InChI is InChI=1S/C16H18ClNO3S/c1-10(14-8-9-15(17)22-14)18-16(19)11(2)21-13-6-4-12(20-3)5-7-13/h4-11H,1-3H3,(H,18,19). The molecular weight excluding hydrogens is 322 g/mol. The zero-order valence-electron chi connectivity index (χ0n) is 12.6. The highest BCUT2D eigenvalue weighted by atomic mass is 35.5. The summed E-state index contributed by atoms with van der Waals surface area (Å²) in [6.45, 7) is 3.63. The Balaban J connectivity index is 1.91. The van der Waals surface area contributed by atoms with E-state index in [-0.39, 0.29) is 11.9 Å². The summed E-state index contributed by atoms with van der Waals surface area (Å²) in [5, 5.41) is 2.92. The highest BCUT2D eigenvalue weighted by Crippen LogP contribution is 2.26. The van der Waals surface area contributed by atoms with Crippen molar-refractivity contribution < 1.29 is 14.3 Å². The average Bonchev–Trinajstić information content (AvgIpc) is 2.94. The first-order valence-electron chi connectivity index (χ1n) is 6.86. The maximum atomic E-state index is 12.2. The zero-order chi connectivity index (χ0) is 16.1. The number of benzene rings is 1. The summed E-state index contributed by atoms with van der Waals surface area (Å²) in [5.41, 5.74) is 0. The lowest BCUT2D eigenvalue weighted by Crippen LogP contribution is -2.37. The molecule has 0 aliphatic rings. The molecule has 4 nitrogen and oxygen atoms in total. The summed E-state index contributed by atoms with van der Waals surface area (Å²) in [4.78, 5) is 13.2. The lowest BCUT2D eigenvalue weighted by molar-refractivity contribution is -0.127. The summed E-state index contributed by atoms with van der Waals surface area (Å²) in [5.74, 6) is 1.19. The molecule has 0 aliphatic heterocycles. The van der Waals surface area contributed by atoms with E-state index in [0.29, 0.717) is 10.1 Å². The Morgan fingerprint density at radius 2 is 1.77 bits per heavy atom. The molecule has 0 fully saturated rings. The van der Waals surface area contributed by atoms with Crippen LogP contribution in [0.2, 0.25) is 4.34 Å². The number of nitrogens with one attached hydrogen (secondary N) is 1. The Morgan fingerprint density at radius 1 is 1.14 bits per heavy atom. The van der Waals surface area contributed by atoms with Crippen LogP contribution in [-0.4, -0.2) is 19.1 Å². The topological polar surface area (TPSA) is 47.6 Å². The number of thiophene rings is 1. The Kier molecular flexibility index (Phi) is 5.69. The van der Waals surface area contributed by atoms with Gasteiger partial charge in [0.2, 0.25) is 0 Å². The number of carbonyl (C=O) groups is 1. The van der Waals surface area contributed by atoms with E-state index in [2.05, 4.69) is 5.32 Å². The van der Waals surface area contributed by atoms with Crippen LogP contribution < -0.4 is 14.8 Å². The second-order valence-corrected chi connectivity index (χ2v) is 6.55. The molecule has 2 unspecified atom stereocenters. The minimum atomic E-state index is -0.591. The van der Waals surface area contributed by atoms with Crippen molar-refractivity contribution in [3.8, 4) is 11.5 Å². The van der Waals surface area contributed by atoms with Gasteiger partial charge in [0, 0.05) is 4.88 Å². The number of hydrogen-bond acceptors (Lipinski definition) is 4. The fourth-order valence-corrected chi connectivity index (χ4v) is 2.94. The van der Waals surface area contributed by atoms with E-state index >= 15 is 0 Å². The van der Waals surface area contributed by atoms with Crippen molar-refractivity contribution in [1.29, 1.82) is 0 Å². The summed E-state index contributed by atoms with van der Waals surface area (Å²) >= 11 is 7.36. The van der Waals surface area contributed by atoms with Crippen LogP contribution in [0.15, 0.2) is 36.4 Å². The zero-order valence-corrected chi connectivity index (χ0v) is 14.2. The quantitative estimate of drug-likeness (QED) is 0.863. The number of ether oxygens (including phenoxy) is 2. The van der Waals surface area contributed by atoms with Gasteiger partial charge in [-0.15, -0.1) is 11.3 Å². The normalized spacial score (nSPS) is 13.3. The Morgan fingerprint density at radius 3 is 2.32 bits per heavy atom. The van der Waals surface area contributed by atoms with Crippen molar-refractivity contribution in [3.05, 3.63) is 45.6 Å². The number of carbonyl (C=O) groups excluding carboxylic acids is 1. The van der Waals surface area contributed by atoms with Gasteiger partial charge in [-0.1, -0.05) is 11.6 Å². The van der Waals surface area contributed by atoms with Gasteiger partial charge in [-0.05, 0) is 50.2 Å². The molecule has 2 aromatic rings. The van der Waals surface area contributed by atoms with Crippen molar-refractivity contribution in [2.24, 2.45) is 0 Å². The van der Waals surface area contributed by atoms with E-state index in [1.165, 1.54) is 11.3 Å². The van der Waals surface area contributed by atoms with Gasteiger partial charge in [0.15, 0.2) is 6.10 Å². The molecule has 1 heterocycles. The van der Waals surface area contributed by atoms with Gasteiger partial charge >= 0.3 is 0 Å². The Labute approximate surface area is 139 Å². The molecular formula is C16H18ClNO3S. The van der Waals surface area contributed by atoms with Gasteiger partial charge in [-0.2, -0.15) is 0 Å². The van der Waals surface area contributed by atoms with E-state index in [9.17, 15) is 4.79 Å². The van der Waals surface area contributed by atoms with Gasteiger partial charge in [-0.3, -0.25) is 4.79 Å². The van der Waals surface area contributed by atoms with Gasteiger partial charge in [-0.25, -0.2) is 0 Å². The van der Waals surface area contributed by atoms with Gasteiger partial charge in [0.25, 0.3) is 5.91 Å². The first-order valence-corrected chi connectivity index (χ1v) is 8.05. The van der Waals surface area contributed by atoms with Crippen LogP contribution >= 0.6 is 22.9 Å². The molecule has 1 aromatic carbocycles. The molecule has 6 heteroatoms. The van der Waals surface area contributed by atoms with Crippen molar-refractivity contribution in [2.45, 2.75) is 26.0 Å². The minimum Gasteiger partial charge on any atom is -0.497 e. The number of methoxy groups -OCH3 is 1. The van der Waals surface area contributed by atoms with Crippen molar-refractivity contribution in [2.75, 3.05) is 7.11 Å². The molecule has 2 rings (SSSR count). The molecule has 0 radical (unpaired) electrons. The molecule has 0 spiro atoms. The Hall–Kier alpha value is -1.72. The maximum Gasteiger partial charge on any atom is 0.261 e. The lowest BCUT2D eigenvalue weighted by atomic mass is 10.2. The van der Waals surface area contributed by atoms with Crippen LogP contribution in [0.25, 0.3) is 0 Å². The number of amides is 1. The molecule has 2 atom stereocenters. The van der Waals surface area contributed by atoms with Crippen LogP contribution in [0.4, 0.5) is 0 Å². The Bertz CT molecular complexity index is 627. The molecule has 118 valence electrons. The highest BCUT2D eigenvalue weighted by Gasteiger charge is 2.18. The second kappa shape index (κ2) is 7.51. The molecule has 0 saturated heterocycles. The molecule has 0 bridgehead atoms. The van der Waals surface area contributed by atoms with E-state index in [1.54, 1.807) is 38.3 Å². The predicted octanol–water partition coefficient (Wildman–Crippen LogP) is 4.05. The molecule has 0 aliphatic carbocycles. The first kappa shape index (κ1) is 16.6. The molecule has 0 saturated carbocycles. The third-order valence-electron chi connectivity index (χ3n) is 3.12. The van der Waals surface area contributed by atoms with Crippen LogP contribution in [0, 0.1) is 0 Å². The predicted molar refractivity (Wildman–Crippen MR) is 89.0 cm³/mol. The smallest absolute Gasteiger partial charge is 0.261 e. The van der Waals surface area contributed by atoms with Crippen molar-refractivity contribution in [3.63, 3.8) is 0 Å². The second-order valence-electron chi connectivity index (χ2n) is 4.81. The minimum absolute atomic E-state index is 0.105. The lowest BCUT2D eigenvalue weighted by Gasteiger charge is -2.18. The fourth-order valence-electron chi connectivity index (χ4n) is 1.87. The van der Waals surface area contributed by atoms with Gasteiger partial charge < -0.3 is 14.8 Å². The van der Waals surface area contributed by atoms with Gasteiger partial charge in [0.1, 0.15) is 11.5 Å². The summed E-state index contributed by atoms with van der Waals surface area (Å²) in [6.07, 6.45) is -0.591. The molecule has 1 aromatic heterocycles. The third kappa shape index (κ3) is 4.39. The van der Waals surface area contributed by atoms with E-state index < -0.39 is 6.10 Å². The van der Waals surface area contributed by atoms with Crippen LogP contribution in [0.5, 0.6) is 11.5 Å². The van der Waals surface area contributed by atoms with E-state index in [4.69, 9.17) is 21.1 Å². The van der Waals surface area contributed by atoms with Gasteiger partial charge in [0.05, 0.1) is 17.5 Å².